The summed E-state index contributed by atoms with van der Waals surface area (Å²) in [6.45, 7) is 7.76. The van der Waals surface area contributed by atoms with Crippen LogP contribution in [0.5, 0.6) is 0 Å². The van der Waals surface area contributed by atoms with E-state index in [1.807, 2.05) is 6.92 Å². The summed E-state index contributed by atoms with van der Waals surface area (Å²) in [5, 5.41) is 10.9. The molecule has 0 aromatic heterocycles. The molecule has 1 radical (unpaired) electrons. The third-order valence-electron chi connectivity index (χ3n) is 3.75. The fourth-order valence-corrected chi connectivity index (χ4v) is 1.79. The van der Waals surface area contributed by atoms with Gasteiger partial charge in [-0.15, -0.1) is 0 Å². The zero-order valence-corrected chi connectivity index (χ0v) is 11.3. The van der Waals surface area contributed by atoms with Gasteiger partial charge in [0.15, 0.2) is 0 Å². The van der Waals surface area contributed by atoms with E-state index in [4.69, 9.17) is 0 Å². The first-order valence-electron chi connectivity index (χ1n) is 6.64. The molecular formula is C14H27O2. The number of rotatable bonds is 9. The maximum Gasteiger partial charge on any atom is 0.361 e. The van der Waals surface area contributed by atoms with Gasteiger partial charge in [0.1, 0.15) is 0 Å². The third kappa shape index (κ3) is 5.53. The summed E-state index contributed by atoms with van der Waals surface area (Å²) in [7, 11) is 0. The Hall–Kier alpha value is -0.530. The van der Waals surface area contributed by atoms with E-state index >= 15 is 0 Å². The van der Waals surface area contributed by atoms with Crippen LogP contribution in [0.2, 0.25) is 0 Å². The maximum atomic E-state index is 10.9. The lowest BCUT2D eigenvalue weighted by Crippen LogP contribution is -2.30. The van der Waals surface area contributed by atoms with Crippen LogP contribution in [-0.2, 0) is 9.90 Å². The first kappa shape index (κ1) is 15.5. The number of unbranched alkanes of at least 4 members (excludes halogenated alkanes) is 5. The quantitative estimate of drug-likeness (QED) is 0.539. The average Bonchev–Trinajstić information content (AvgIpc) is 2.22. The summed E-state index contributed by atoms with van der Waals surface area (Å²) in [6.07, 6.45) is 8.55. The van der Waals surface area contributed by atoms with Crippen molar-refractivity contribution in [3.05, 3.63) is 0 Å². The van der Waals surface area contributed by atoms with Gasteiger partial charge in [0.2, 0.25) is 0 Å². The van der Waals surface area contributed by atoms with Crippen LogP contribution in [0.4, 0.5) is 0 Å². The molecule has 95 valence electrons. The molecule has 0 aromatic rings. The van der Waals surface area contributed by atoms with Crippen LogP contribution >= 0.6 is 0 Å². The van der Waals surface area contributed by atoms with Gasteiger partial charge in [-0.25, -0.2) is 9.90 Å². The van der Waals surface area contributed by atoms with E-state index in [9.17, 15) is 9.90 Å². The molecule has 1 atom stereocenters. The molecule has 0 heterocycles. The molecule has 0 amide bonds. The molecular weight excluding hydrogens is 200 g/mol. The lowest BCUT2D eigenvalue weighted by Gasteiger charge is -2.25. The highest BCUT2D eigenvalue weighted by Crippen LogP contribution is 2.31. The first-order chi connectivity index (χ1) is 7.42. The fraction of sp³-hybridized carbons (Fsp3) is 0.929. The lowest BCUT2D eigenvalue weighted by molar-refractivity contribution is -0.156. The minimum absolute atomic E-state index is 0.198. The minimum atomic E-state index is -0.925. The normalized spacial score (nSPS) is 13.8. The van der Waals surface area contributed by atoms with Gasteiger partial charge in [-0.05, 0) is 26.2 Å². The molecule has 0 fully saturated rings. The number of hydrogen-bond donors (Lipinski definition) is 0. The Morgan fingerprint density at radius 2 is 1.56 bits per heavy atom. The largest absolute Gasteiger partial charge is 0.361 e. The van der Waals surface area contributed by atoms with Crippen LogP contribution in [0.1, 0.15) is 72.6 Å². The monoisotopic (exact) mass is 227 g/mol. The van der Waals surface area contributed by atoms with E-state index in [-0.39, 0.29) is 5.92 Å². The van der Waals surface area contributed by atoms with Crippen LogP contribution in [0, 0.1) is 11.3 Å². The van der Waals surface area contributed by atoms with Crippen LogP contribution in [0.25, 0.3) is 0 Å². The Morgan fingerprint density at radius 3 is 2.06 bits per heavy atom. The molecule has 0 aromatic carbocycles. The van der Waals surface area contributed by atoms with Gasteiger partial charge < -0.3 is 0 Å². The summed E-state index contributed by atoms with van der Waals surface area (Å²) in [6, 6.07) is 0. The predicted octanol–water partition coefficient (Wildman–Crippen LogP) is 4.36. The molecule has 16 heavy (non-hydrogen) atoms. The van der Waals surface area contributed by atoms with Crippen molar-refractivity contribution in [3.63, 3.8) is 0 Å². The molecule has 1 unspecified atom stereocenters. The van der Waals surface area contributed by atoms with Crippen molar-refractivity contribution in [2.45, 2.75) is 72.6 Å². The molecule has 2 heteroatoms. The highest BCUT2D eigenvalue weighted by atomic mass is 16.4. The number of carbonyl (C=O) groups is 1. The van der Waals surface area contributed by atoms with Crippen LogP contribution < -0.4 is 0 Å². The van der Waals surface area contributed by atoms with Crippen molar-refractivity contribution in [3.8, 4) is 0 Å². The second-order valence-electron chi connectivity index (χ2n) is 5.47. The van der Waals surface area contributed by atoms with E-state index in [1.165, 1.54) is 32.1 Å². The molecule has 2 nitrogen and oxygen atoms in total. The summed E-state index contributed by atoms with van der Waals surface area (Å²) in [4.78, 5) is 10.9. The molecule has 0 aliphatic heterocycles. The Bertz CT molecular complexity index is 197. The second kappa shape index (κ2) is 7.70. The van der Waals surface area contributed by atoms with Crippen molar-refractivity contribution in [2.24, 2.45) is 11.3 Å². The summed E-state index contributed by atoms with van der Waals surface area (Å²) < 4.78 is 0. The molecule has 0 saturated heterocycles. The Labute approximate surface area is 100 Å². The molecule has 0 aliphatic carbocycles. The zero-order chi connectivity index (χ0) is 12.6. The Balaban J connectivity index is 3.65. The summed E-state index contributed by atoms with van der Waals surface area (Å²) in [5.41, 5.74) is -0.691. The topological polar surface area (TPSA) is 37.0 Å². The van der Waals surface area contributed by atoms with E-state index in [1.54, 1.807) is 13.8 Å². The van der Waals surface area contributed by atoms with Crippen LogP contribution in [0.3, 0.4) is 0 Å². The highest BCUT2D eigenvalue weighted by molar-refractivity contribution is 5.73. The van der Waals surface area contributed by atoms with Crippen LogP contribution in [0.15, 0.2) is 0 Å². The van der Waals surface area contributed by atoms with Gasteiger partial charge in [-0.3, -0.25) is 0 Å². The third-order valence-corrected chi connectivity index (χ3v) is 3.75. The molecule has 0 spiro atoms. The fourth-order valence-electron chi connectivity index (χ4n) is 1.79. The van der Waals surface area contributed by atoms with Gasteiger partial charge in [0.05, 0.1) is 5.41 Å². The lowest BCUT2D eigenvalue weighted by atomic mass is 9.77. The Morgan fingerprint density at radius 1 is 1.06 bits per heavy atom. The van der Waals surface area contributed by atoms with Crippen molar-refractivity contribution in [1.29, 1.82) is 0 Å². The van der Waals surface area contributed by atoms with E-state index < -0.39 is 11.4 Å². The standard InChI is InChI=1S/C14H27O2/c1-5-6-7-8-9-10-11-12(2)14(3,4)13(15)16/h12H,5-11H2,1-4H3. The van der Waals surface area contributed by atoms with Gasteiger partial charge in [0.25, 0.3) is 0 Å². The molecule has 0 bridgehead atoms. The Kier molecular flexibility index (Phi) is 7.44. The van der Waals surface area contributed by atoms with E-state index in [0.29, 0.717) is 0 Å². The van der Waals surface area contributed by atoms with Gasteiger partial charge in [-0.2, -0.15) is 0 Å². The molecule has 0 saturated carbocycles. The molecule has 0 aliphatic rings. The molecule has 0 rings (SSSR count). The van der Waals surface area contributed by atoms with Crippen molar-refractivity contribution >= 4 is 5.97 Å². The number of carbonyl (C=O) groups excluding carboxylic acids is 1. The predicted molar refractivity (Wildman–Crippen MR) is 66.6 cm³/mol. The second-order valence-corrected chi connectivity index (χ2v) is 5.47. The summed E-state index contributed by atoms with van der Waals surface area (Å²) >= 11 is 0. The number of hydrogen-bond acceptors (Lipinski definition) is 1. The maximum absolute atomic E-state index is 10.9. The zero-order valence-electron chi connectivity index (χ0n) is 11.3. The first-order valence-corrected chi connectivity index (χ1v) is 6.64. The van der Waals surface area contributed by atoms with E-state index in [0.717, 1.165) is 12.8 Å². The van der Waals surface area contributed by atoms with Gasteiger partial charge in [-0.1, -0.05) is 52.4 Å². The van der Waals surface area contributed by atoms with Gasteiger partial charge in [0, 0.05) is 0 Å². The van der Waals surface area contributed by atoms with Crippen molar-refractivity contribution in [1.82, 2.24) is 0 Å². The van der Waals surface area contributed by atoms with Crippen molar-refractivity contribution in [2.75, 3.05) is 0 Å². The average molecular weight is 227 g/mol. The SMILES string of the molecule is CCCCCCCCC(C)C(C)(C)C([O])=O. The molecule has 0 N–H and O–H groups in total. The van der Waals surface area contributed by atoms with Crippen LogP contribution in [-0.4, -0.2) is 5.97 Å². The summed E-state index contributed by atoms with van der Waals surface area (Å²) in [5.74, 6) is -0.727. The smallest absolute Gasteiger partial charge is 0.247 e. The highest BCUT2D eigenvalue weighted by Gasteiger charge is 2.34. The minimum Gasteiger partial charge on any atom is -0.247 e. The van der Waals surface area contributed by atoms with Gasteiger partial charge >= 0.3 is 5.97 Å². The van der Waals surface area contributed by atoms with E-state index in [2.05, 4.69) is 6.92 Å². The van der Waals surface area contributed by atoms with Crippen molar-refractivity contribution < 1.29 is 9.90 Å².